The first kappa shape index (κ1) is 54.0. The summed E-state index contributed by atoms with van der Waals surface area (Å²) in [5.74, 6) is -3.17. The largest absolute Gasteiger partial charge is 0.497 e. The fourth-order valence-electron chi connectivity index (χ4n) is 8.31. The number of aliphatic hydroxyl groups is 1. The minimum Gasteiger partial charge on any atom is -0.497 e. The minimum atomic E-state index is -3.92. The lowest BCUT2D eigenvalue weighted by Crippen LogP contribution is -2.43. The van der Waals surface area contributed by atoms with Gasteiger partial charge < -0.3 is 29.4 Å². The molecule has 1 aromatic heterocycles. The summed E-state index contributed by atoms with van der Waals surface area (Å²) in [6.07, 6.45) is 15.3. The number of hydrogen-bond acceptors (Lipinski definition) is 8. The quantitative estimate of drug-likeness (QED) is 0.0383. The van der Waals surface area contributed by atoms with Crippen molar-refractivity contribution in [1.82, 2.24) is 9.55 Å². The third-order valence-electron chi connectivity index (χ3n) is 12.4. The van der Waals surface area contributed by atoms with Crippen molar-refractivity contribution >= 4 is 11.7 Å². The number of aromatic nitrogens is 2. The van der Waals surface area contributed by atoms with Crippen molar-refractivity contribution in [3.05, 3.63) is 177 Å². The van der Waals surface area contributed by atoms with Crippen molar-refractivity contribution in [2.75, 3.05) is 26.1 Å². The second-order valence-electron chi connectivity index (χ2n) is 18.2. The summed E-state index contributed by atoms with van der Waals surface area (Å²) < 4.78 is 55.8. The van der Waals surface area contributed by atoms with Gasteiger partial charge in [0.05, 0.1) is 20.8 Å². The molecule has 2 heterocycles. The summed E-state index contributed by atoms with van der Waals surface area (Å²) >= 11 is 0. The van der Waals surface area contributed by atoms with E-state index in [-0.39, 0.29) is 18.1 Å². The number of methoxy groups -OCH3 is 2. The molecule has 1 fully saturated rings. The molecule has 0 aliphatic carbocycles. The number of carbonyl (C=O) groups excluding carboxylic acids is 1. The van der Waals surface area contributed by atoms with Crippen LogP contribution < -0.4 is 20.5 Å². The van der Waals surface area contributed by atoms with Gasteiger partial charge in [-0.15, -0.1) is 0 Å². The van der Waals surface area contributed by atoms with Crippen LogP contribution in [-0.4, -0.2) is 59.5 Å². The Balaban J connectivity index is 1.14. The Morgan fingerprint density at radius 2 is 1.17 bits per heavy atom. The first-order valence-corrected chi connectivity index (χ1v) is 23.9. The second kappa shape index (κ2) is 26.1. The Bertz CT molecular complexity index is 2440. The summed E-state index contributed by atoms with van der Waals surface area (Å²) in [4.78, 5) is 30.0. The predicted octanol–water partition coefficient (Wildman–Crippen LogP) is 12.8. The number of ether oxygens (including phenoxy) is 4. The number of hydrogen-bond donors (Lipinski definition) is 2. The lowest BCUT2D eigenvalue weighted by Gasteiger charge is -2.37. The monoisotopic (exact) mass is 948 g/mol. The molecular weight excluding hydrogens is 877 g/mol. The van der Waals surface area contributed by atoms with E-state index in [0.717, 1.165) is 63.1 Å². The number of amides is 1. The summed E-state index contributed by atoms with van der Waals surface area (Å²) in [5.41, 5.74) is 6.17. The summed E-state index contributed by atoms with van der Waals surface area (Å²) in [6.45, 7) is 12.3. The normalized spacial score (nSPS) is 17.7. The Labute approximate surface area is 407 Å². The number of aliphatic hydroxyl groups excluding tert-OH is 1. The molecule has 69 heavy (non-hydrogen) atoms. The molecule has 2 N–H and O–H groups in total. The van der Waals surface area contributed by atoms with Gasteiger partial charge in [0.15, 0.2) is 6.10 Å². The fourth-order valence-corrected chi connectivity index (χ4v) is 8.31. The summed E-state index contributed by atoms with van der Waals surface area (Å²) in [7, 11) is 3.11. The molecule has 4 aromatic rings. The lowest BCUT2D eigenvalue weighted by atomic mass is 9.80. The van der Waals surface area contributed by atoms with E-state index in [9.17, 15) is 14.7 Å². The van der Waals surface area contributed by atoms with Crippen molar-refractivity contribution < 1.29 is 37.6 Å². The van der Waals surface area contributed by atoms with E-state index in [2.05, 4.69) is 75.3 Å². The number of halogens is 2. The highest BCUT2D eigenvalue weighted by molar-refractivity contribution is 5.89. The molecule has 0 radical (unpaired) electrons. The zero-order chi connectivity index (χ0) is 50.0. The van der Waals surface area contributed by atoms with Crippen LogP contribution in [-0.2, 0) is 19.9 Å². The van der Waals surface area contributed by atoms with Gasteiger partial charge in [-0.3, -0.25) is 9.36 Å². The molecule has 0 spiro atoms. The van der Waals surface area contributed by atoms with Crippen LogP contribution in [0.4, 0.5) is 14.6 Å². The van der Waals surface area contributed by atoms with Crippen molar-refractivity contribution in [1.29, 1.82) is 0 Å². The Morgan fingerprint density at radius 3 is 1.67 bits per heavy atom. The fraction of sp³-hybridized carbons (Fsp3) is 0.421. The molecule has 370 valence electrons. The Hall–Kier alpha value is -5.95. The van der Waals surface area contributed by atoms with Gasteiger partial charge in [0, 0.05) is 12.6 Å². The average Bonchev–Trinajstić information content (AvgIpc) is 3.56. The SMILES string of the molecule is COc1ccc(C(OC[C@H]2O[C@@H](n3ccc(NC(=O)CC/C(C)=C/CC/C(C)=C/CC/C=C(\C)CC/C=C(\C)CCC=C(C)C)nc3=O)C(F)(F)[C@@H]2O)(c2ccccc2)c2ccc(OC)cc2)cc1. The van der Waals surface area contributed by atoms with Crippen molar-refractivity contribution in [3.8, 4) is 11.5 Å². The summed E-state index contributed by atoms with van der Waals surface area (Å²) in [5, 5.41) is 13.7. The Morgan fingerprint density at radius 1 is 0.696 bits per heavy atom. The number of nitrogens with zero attached hydrogens (tertiary/aromatic N) is 2. The molecule has 3 atom stereocenters. The molecule has 5 rings (SSSR count). The first-order chi connectivity index (χ1) is 33.1. The highest BCUT2D eigenvalue weighted by atomic mass is 19.3. The molecule has 1 aliphatic rings. The number of nitrogens with one attached hydrogen (secondary N) is 1. The molecule has 0 unspecified atom stereocenters. The number of unbranched alkanes of at least 4 members (excludes halogenated alkanes) is 1. The maximum absolute atomic E-state index is 16.0. The predicted molar refractivity (Wildman–Crippen MR) is 271 cm³/mol. The van der Waals surface area contributed by atoms with Crippen LogP contribution in [0.25, 0.3) is 0 Å². The molecule has 0 saturated carbocycles. The van der Waals surface area contributed by atoms with Crippen LogP contribution >= 0.6 is 0 Å². The molecule has 12 heteroatoms. The van der Waals surface area contributed by atoms with Crippen LogP contribution in [0.2, 0.25) is 0 Å². The van der Waals surface area contributed by atoms with E-state index in [1.807, 2.05) is 61.5 Å². The van der Waals surface area contributed by atoms with Crippen LogP contribution in [0, 0.1) is 0 Å². The van der Waals surface area contributed by atoms with Gasteiger partial charge in [-0.2, -0.15) is 13.8 Å². The number of anilines is 1. The molecule has 10 nitrogen and oxygen atoms in total. The Kier molecular flexibility index (Phi) is 20.5. The lowest BCUT2D eigenvalue weighted by molar-refractivity contribution is -0.141. The van der Waals surface area contributed by atoms with E-state index < -0.39 is 42.3 Å². The van der Waals surface area contributed by atoms with E-state index in [0.29, 0.717) is 39.2 Å². The average molecular weight is 948 g/mol. The third kappa shape index (κ3) is 15.3. The maximum atomic E-state index is 16.0. The van der Waals surface area contributed by atoms with Gasteiger partial charge in [-0.25, -0.2) is 4.79 Å². The molecule has 0 bridgehead atoms. The van der Waals surface area contributed by atoms with E-state index in [1.165, 1.54) is 28.4 Å². The summed E-state index contributed by atoms with van der Waals surface area (Å²) in [6, 6.07) is 24.9. The number of alkyl halides is 2. The third-order valence-corrected chi connectivity index (χ3v) is 12.4. The molecule has 1 amide bonds. The van der Waals surface area contributed by atoms with Crippen molar-refractivity contribution in [2.24, 2.45) is 0 Å². The molecular formula is C57H71F2N3O7. The van der Waals surface area contributed by atoms with E-state index in [1.54, 1.807) is 38.5 Å². The zero-order valence-corrected chi connectivity index (χ0v) is 41.6. The second-order valence-corrected chi connectivity index (χ2v) is 18.2. The zero-order valence-electron chi connectivity index (χ0n) is 41.6. The van der Waals surface area contributed by atoms with Gasteiger partial charge in [0.2, 0.25) is 12.1 Å². The first-order valence-electron chi connectivity index (χ1n) is 23.9. The smallest absolute Gasteiger partial charge is 0.351 e. The van der Waals surface area contributed by atoms with Crippen LogP contribution in [0.1, 0.15) is 129 Å². The molecule has 1 saturated heterocycles. The van der Waals surface area contributed by atoms with Gasteiger partial charge in [0.1, 0.15) is 29.0 Å². The maximum Gasteiger partial charge on any atom is 0.351 e. The van der Waals surface area contributed by atoms with Gasteiger partial charge >= 0.3 is 11.6 Å². The number of allylic oxidation sites excluding steroid dienone is 10. The van der Waals surface area contributed by atoms with Gasteiger partial charge in [0.25, 0.3) is 0 Å². The van der Waals surface area contributed by atoms with Crippen molar-refractivity contribution in [2.45, 2.75) is 136 Å². The highest BCUT2D eigenvalue weighted by Gasteiger charge is 2.60. The number of benzene rings is 3. The highest BCUT2D eigenvalue weighted by Crippen LogP contribution is 2.46. The molecule has 3 aromatic carbocycles. The number of rotatable bonds is 25. The van der Waals surface area contributed by atoms with E-state index >= 15 is 8.78 Å². The minimum absolute atomic E-state index is 0.0836. The molecule has 1 aliphatic heterocycles. The standard InChI is InChI=1S/C57H71F2N3O7/c1-40(2)17-14-20-43(5)23-15-21-41(3)18-12-13-19-42(4)22-16-24-44(6)27-36-52(63)60-51-37-38-62(55(65)61-51)54-57(58,59)53(64)50(69-54)39-68-56(45-25-10-9-11-26-45,46-28-32-48(66-7)33-29-46)47-30-34-49(67-8)35-31-47/h9-11,17-19,23-26,28-35,37-38,50,53-54,64H,12-16,20-22,27,36,39H2,1-8H3,(H,60,61,63,65)/b41-18+,42-19+,43-23+,44-24+/t50-,53-,54-/m1/s1. The van der Waals surface area contributed by atoms with Crippen LogP contribution in [0.15, 0.2) is 154 Å². The van der Waals surface area contributed by atoms with Crippen LogP contribution in [0.5, 0.6) is 11.5 Å². The van der Waals surface area contributed by atoms with Gasteiger partial charge in [-0.1, -0.05) is 113 Å². The van der Waals surface area contributed by atoms with E-state index in [4.69, 9.17) is 18.9 Å². The van der Waals surface area contributed by atoms with Crippen molar-refractivity contribution in [3.63, 3.8) is 0 Å². The topological polar surface area (TPSA) is 121 Å². The van der Waals surface area contributed by atoms with Crippen LogP contribution in [0.3, 0.4) is 0 Å². The number of carbonyl (C=O) groups is 1. The van der Waals surface area contributed by atoms with Gasteiger partial charge in [-0.05, 0) is 146 Å².